The maximum Gasteiger partial charge on any atom is 0.125 e. The Morgan fingerprint density at radius 2 is 2.05 bits per heavy atom. The maximum absolute atomic E-state index is 13.4. The monoisotopic (exact) mass is 261 g/mol. The van der Waals surface area contributed by atoms with E-state index in [1.165, 1.54) is 25.3 Å². The van der Waals surface area contributed by atoms with E-state index in [-0.39, 0.29) is 11.2 Å². The summed E-state index contributed by atoms with van der Waals surface area (Å²) in [4.78, 5) is 4.74. The summed E-state index contributed by atoms with van der Waals surface area (Å²) in [6.07, 6.45) is 5.86. The van der Waals surface area contributed by atoms with Gasteiger partial charge in [0.2, 0.25) is 0 Å². The lowest BCUT2D eigenvalue weighted by molar-refractivity contribution is 0.281. The van der Waals surface area contributed by atoms with Gasteiger partial charge in [-0.3, -0.25) is 0 Å². The molecule has 1 aliphatic carbocycles. The van der Waals surface area contributed by atoms with Crippen LogP contribution in [0.15, 0.2) is 18.2 Å². The van der Waals surface area contributed by atoms with Crippen LogP contribution in [-0.4, -0.2) is 16.1 Å². The van der Waals surface area contributed by atoms with Crippen LogP contribution >= 0.6 is 0 Å². The summed E-state index contributed by atoms with van der Waals surface area (Å²) in [6, 6.07) is 4.77. The Hall–Kier alpha value is -1.42. The van der Waals surface area contributed by atoms with Gasteiger partial charge in [-0.05, 0) is 31.0 Å². The summed E-state index contributed by atoms with van der Waals surface area (Å²) < 4.78 is 15.4. The number of aromatic nitrogens is 2. The molecule has 2 N–H and O–H groups in total. The van der Waals surface area contributed by atoms with Crippen LogP contribution in [0.3, 0.4) is 0 Å². The van der Waals surface area contributed by atoms with E-state index in [1.807, 2.05) is 11.6 Å². The molecule has 1 fully saturated rings. The van der Waals surface area contributed by atoms with Crippen LogP contribution in [0.25, 0.3) is 11.0 Å². The lowest BCUT2D eigenvalue weighted by Crippen LogP contribution is -2.39. The topological polar surface area (TPSA) is 43.8 Å². The molecule has 3 rings (SSSR count). The molecular formula is C15H20FN3. The fourth-order valence-electron chi connectivity index (χ4n) is 3.38. The number of fused-ring (bicyclic) bond motifs is 1. The van der Waals surface area contributed by atoms with Crippen molar-refractivity contribution in [2.75, 3.05) is 6.54 Å². The lowest BCUT2D eigenvalue weighted by atomic mass is 9.73. The zero-order valence-electron chi connectivity index (χ0n) is 11.3. The third-order valence-corrected chi connectivity index (χ3v) is 4.52. The molecule has 0 spiro atoms. The summed E-state index contributed by atoms with van der Waals surface area (Å²) in [5, 5.41) is 0. The number of hydrogen-bond donors (Lipinski definition) is 1. The average molecular weight is 261 g/mol. The number of benzene rings is 1. The number of halogens is 1. The second kappa shape index (κ2) is 4.60. The number of imidazole rings is 1. The molecule has 0 amide bonds. The third-order valence-electron chi connectivity index (χ3n) is 4.52. The first kappa shape index (κ1) is 12.6. The van der Waals surface area contributed by atoms with E-state index in [1.54, 1.807) is 12.1 Å². The van der Waals surface area contributed by atoms with E-state index >= 15 is 0 Å². The highest BCUT2D eigenvalue weighted by Gasteiger charge is 2.36. The minimum absolute atomic E-state index is 0.0253. The highest BCUT2D eigenvalue weighted by molar-refractivity contribution is 5.76. The van der Waals surface area contributed by atoms with E-state index < -0.39 is 0 Å². The molecule has 1 aromatic carbocycles. The standard InChI is InChI=1S/C15H20FN3/c1-19-13-9-11(16)5-6-12(13)18-14(19)15(10-17)7-3-2-4-8-15/h5-6,9H,2-4,7-8,10,17H2,1H3. The van der Waals surface area contributed by atoms with Gasteiger partial charge in [0.25, 0.3) is 0 Å². The van der Waals surface area contributed by atoms with Crippen molar-refractivity contribution in [2.45, 2.75) is 37.5 Å². The largest absolute Gasteiger partial charge is 0.331 e. The molecule has 2 aromatic rings. The Balaban J connectivity index is 2.15. The van der Waals surface area contributed by atoms with Gasteiger partial charge in [0.1, 0.15) is 11.6 Å². The van der Waals surface area contributed by atoms with Crippen LogP contribution in [0.5, 0.6) is 0 Å². The van der Waals surface area contributed by atoms with E-state index in [0.717, 1.165) is 29.7 Å². The first-order valence-electron chi connectivity index (χ1n) is 6.99. The van der Waals surface area contributed by atoms with Crippen LogP contribution in [0.2, 0.25) is 0 Å². The van der Waals surface area contributed by atoms with Gasteiger partial charge in [-0.2, -0.15) is 0 Å². The lowest BCUT2D eigenvalue weighted by Gasteiger charge is -2.35. The molecule has 1 aromatic heterocycles. The summed E-state index contributed by atoms with van der Waals surface area (Å²) in [5.41, 5.74) is 7.75. The minimum Gasteiger partial charge on any atom is -0.331 e. The highest BCUT2D eigenvalue weighted by atomic mass is 19.1. The summed E-state index contributed by atoms with van der Waals surface area (Å²) in [6.45, 7) is 0.618. The smallest absolute Gasteiger partial charge is 0.125 e. The predicted octanol–water partition coefficient (Wildman–Crippen LogP) is 2.87. The summed E-state index contributed by atoms with van der Waals surface area (Å²) in [5.74, 6) is 0.808. The van der Waals surface area contributed by atoms with E-state index in [4.69, 9.17) is 10.7 Å². The van der Waals surface area contributed by atoms with Crippen molar-refractivity contribution in [3.63, 3.8) is 0 Å². The molecule has 0 bridgehead atoms. The molecular weight excluding hydrogens is 241 g/mol. The number of hydrogen-bond acceptors (Lipinski definition) is 2. The quantitative estimate of drug-likeness (QED) is 0.903. The third kappa shape index (κ3) is 1.94. The highest BCUT2D eigenvalue weighted by Crippen LogP contribution is 2.39. The van der Waals surface area contributed by atoms with E-state index in [9.17, 15) is 4.39 Å². The second-order valence-corrected chi connectivity index (χ2v) is 5.67. The Morgan fingerprint density at radius 3 is 2.74 bits per heavy atom. The molecule has 3 nitrogen and oxygen atoms in total. The molecule has 0 saturated heterocycles. The van der Waals surface area contributed by atoms with Gasteiger partial charge in [-0.25, -0.2) is 9.37 Å². The molecule has 102 valence electrons. The minimum atomic E-state index is -0.215. The van der Waals surface area contributed by atoms with Gasteiger partial charge in [0, 0.05) is 19.0 Å². The Morgan fingerprint density at radius 1 is 1.32 bits per heavy atom. The zero-order valence-corrected chi connectivity index (χ0v) is 11.3. The summed E-state index contributed by atoms with van der Waals surface area (Å²) in [7, 11) is 1.97. The van der Waals surface area contributed by atoms with Crippen LogP contribution in [0.1, 0.15) is 37.9 Å². The molecule has 0 radical (unpaired) electrons. The zero-order chi connectivity index (χ0) is 13.5. The van der Waals surface area contributed by atoms with Gasteiger partial charge in [-0.1, -0.05) is 19.3 Å². The number of nitrogens with two attached hydrogens (primary N) is 1. The van der Waals surface area contributed by atoms with Crippen LogP contribution in [0.4, 0.5) is 4.39 Å². The number of rotatable bonds is 2. The first-order valence-corrected chi connectivity index (χ1v) is 6.99. The number of nitrogens with zero attached hydrogens (tertiary/aromatic N) is 2. The van der Waals surface area contributed by atoms with Crippen molar-refractivity contribution in [2.24, 2.45) is 12.8 Å². The van der Waals surface area contributed by atoms with E-state index in [0.29, 0.717) is 6.54 Å². The van der Waals surface area contributed by atoms with Crippen molar-refractivity contribution >= 4 is 11.0 Å². The Bertz CT molecular complexity index is 597. The van der Waals surface area contributed by atoms with Gasteiger partial charge in [0.15, 0.2) is 0 Å². The predicted molar refractivity (Wildman–Crippen MR) is 74.5 cm³/mol. The fraction of sp³-hybridized carbons (Fsp3) is 0.533. The SMILES string of the molecule is Cn1c(C2(CN)CCCCC2)nc2ccc(F)cc21. The molecule has 0 unspecified atom stereocenters. The Labute approximate surface area is 112 Å². The normalized spacial score (nSPS) is 18.9. The maximum atomic E-state index is 13.4. The average Bonchev–Trinajstić information content (AvgIpc) is 2.77. The first-order chi connectivity index (χ1) is 9.16. The number of aryl methyl sites for hydroxylation is 1. The molecule has 0 aliphatic heterocycles. The molecule has 4 heteroatoms. The van der Waals surface area contributed by atoms with Crippen LogP contribution in [-0.2, 0) is 12.5 Å². The fourth-order valence-corrected chi connectivity index (χ4v) is 3.38. The molecule has 0 atom stereocenters. The molecule has 1 aliphatic rings. The van der Waals surface area contributed by atoms with Gasteiger partial charge >= 0.3 is 0 Å². The van der Waals surface area contributed by atoms with Gasteiger partial charge < -0.3 is 10.3 Å². The van der Waals surface area contributed by atoms with Crippen molar-refractivity contribution in [3.05, 3.63) is 29.8 Å². The van der Waals surface area contributed by atoms with Gasteiger partial charge in [0.05, 0.1) is 11.0 Å². The molecule has 1 heterocycles. The molecule has 1 saturated carbocycles. The van der Waals surface area contributed by atoms with Crippen LogP contribution < -0.4 is 5.73 Å². The van der Waals surface area contributed by atoms with Gasteiger partial charge in [-0.15, -0.1) is 0 Å². The van der Waals surface area contributed by atoms with Crippen molar-refractivity contribution in [3.8, 4) is 0 Å². The molecule has 19 heavy (non-hydrogen) atoms. The van der Waals surface area contributed by atoms with E-state index in [2.05, 4.69) is 0 Å². The Kier molecular flexibility index (Phi) is 3.05. The van der Waals surface area contributed by atoms with Crippen molar-refractivity contribution in [1.29, 1.82) is 0 Å². The second-order valence-electron chi connectivity index (χ2n) is 5.67. The van der Waals surface area contributed by atoms with Crippen LogP contribution in [0, 0.1) is 5.82 Å². The van der Waals surface area contributed by atoms with Crippen molar-refractivity contribution < 1.29 is 4.39 Å². The summed E-state index contributed by atoms with van der Waals surface area (Å²) >= 11 is 0. The van der Waals surface area contributed by atoms with Crippen molar-refractivity contribution in [1.82, 2.24) is 9.55 Å².